The van der Waals surface area contributed by atoms with E-state index in [0.717, 1.165) is 5.56 Å². The summed E-state index contributed by atoms with van der Waals surface area (Å²) in [5, 5.41) is 0. The normalized spacial score (nSPS) is 11.0. The van der Waals surface area contributed by atoms with E-state index in [2.05, 4.69) is 4.74 Å². The Morgan fingerprint density at radius 2 is 1.65 bits per heavy atom. The van der Waals surface area contributed by atoms with Crippen molar-refractivity contribution in [3.8, 4) is 5.75 Å². The van der Waals surface area contributed by atoms with Crippen LogP contribution in [0, 0.1) is 6.92 Å². The fourth-order valence-corrected chi connectivity index (χ4v) is 3.86. The van der Waals surface area contributed by atoms with E-state index in [9.17, 15) is 13.2 Å². The van der Waals surface area contributed by atoms with Crippen molar-refractivity contribution >= 4 is 21.7 Å². The minimum atomic E-state index is -3.83. The second-order valence-corrected chi connectivity index (χ2v) is 7.51. The lowest BCUT2D eigenvalue weighted by Crippen LogP contribution is -2.33. The Morgan fingerprint density at radius 3 is 2.19 bits per heavy atom. The zero-order valence-corrected chi connectivity index (χ0v) is 16.0. The molecule has 0 unspecified atom stereocenters. The first-order valence-corrected chi connectivity index (χ1v) is 9.71. The average Bonchev–Trinajstić information content (AvgIpc) is 2.63. The molecule has 6 nitrogen and oxygen atoms in total. The first-order chi connectivity index (χ1) is 12.4. The highest BCUT2D eigenvalue weighted by atomic mass is 32.2. The molecule has 0 amide bonds. The van der Waals surface area contributed by atoms with Crippen LogP contribution in [0.4, 0.5) is 5.69 Å². The highest BCUT2D eigenvalue weighted by molar-refractivity contribution is 7.92. The Kier molecular flexibility index (Phi) is 6.63. The maximum atomic E-state index is 13.1. The number of hydrogen-bond donors (Lipinski definition) is 0. The van der Waals surface area contributed by atoms with E-state index in [1.54, 1.807) is 24.3 Å². The maximum Gasteiger partial charge on any atom is 0.307 e. The van der Waals surface area contributed by atoms with E-state index in [1.807, 2.05) is 26.0 Å². The Bertz CT molecular complexity index is 829. The minimum Gasteiger partial charge on any atom is -0.494 e. The van der Waals surface area contributed by atoms with E-state index in [-0.39, 0.29) is 17.9 Å². The van der Waals surface area contributed by atoms with Gasteiger partial charge in [-0.05, 0) is 50.2 Å². The highest BCUT2D eigenvalue weighted by Gasteiger charge is 2.25. The lowest BCUT2D eigenvalue weighted by molar-refractivity contribution is -0.140. The summed E-state index contributed by atoms with van der Waals surface area (Å²) in [6, 6.07) is 13.3. The molecule has 0 aliphatic carbocycles. The van der Waals surface area contributed by atoms with Gasteiger partial charge in [0.1, 0.15) is 5.75 Å². The first kappa shape index (κ1) is 19.8. The molecule has 0 heterocycles. The second kappa shape index (κ2) is 8.71. The summed E-state index contributed by atoms with van der Waals surface area (Å²) in [6.07, 6.45) is -0.0410. The third-order valence-corrected chi connectivity index (χ3v) is 5.63. The van der Waals surface area contributed by atoms with Crippen molar-refractivity contribution in [3.63, 3.8) is 0 Å². The van der Waals surface area contributed by atoms with Crippen LogP contribution in [0.5, 0.6) is 5.75 Å². The molecule has 0 N–H and O–H groups in total. The van der Waals surface area contributed by atoms with Gasteiger partial charge in [0.15, 0.2) is 0 Å². The quantitative estimate of drug-likeness (QED) is 0.661. The molecule has 0 radical (unpaired) electrons. The van der Waals surface area contributed by atoms with Crippen LogP contribution in [0.1, 0.15) is 18.9 Å². The maximum absolute atomic E-state index is 13.1. The van der Waals surface area contributed by atoms with Crippen molar-refractivity contribution in [3.05, 3.63) is 54.1 Å². The predicted octanol–water partition coefficient (Wildman–Crippen LogP) is 3.15. The number of carbonyl (C=O) groups is 1. The number of hydrogen-bond acceptors (Lipinski definition) is 5. The van der Waals surface area contributed by atoms with Gasteiger partial charge in [0.2, 0.25) is 0 Å². The summed E-state index contributed by atoms with van der Waals surface area (Å²) in [4.78, 5) is 11.7. The standard InChI is InChI=1S/C19H23NO5S/c1-4-25-17-9-11-18(12-10-17)26(22,23)20(14-13-19(21)24-3)16-7-5-15(2)6-8-16/h5-12H,4,13-14H2,1-3H3. The Balaban J connectivity index is 2.37. The molecule has 7 heteroatoms. The zero-order chi connectivity index (χ0) is 19.2. The Labute approximate surface area is 154 Å². The number of carbonyl (C=O) groups excluding carboxylic acids is 1. The number of anilines is 1. The largest absolute Gasteiger partial charge is 0.494 e. The third kappa shape index (κ3) is 4.76. The molecule has 0 fully saturated rings. The van der Waals surface area contributed by atoms with Crippen molar-refractivity contribution in [2.75, 3.05) is 24.6 Å². The molecule has 0 saturated heterocycles. The predicted molar refractivity (Wildman–Crippen MR) is 100.0 cm³/mol. The zero-order valence-electron chi connectivity index (χ0n) is 15.1. The fraction of sp³-hybridized carbons (Fsp3) is 0.316. The number of esters is 1. The molecule has 0 aromatic heterocycles. The molecule has 0 aliphatic heterocycles. The molecule has 0 atom stereocenters. The molecule has 2 rings (SSSR count). The highest BCUT2D eigenvalue weighted by Crippen LogP contribution is 2.26. The topological polar surface area (TPSA) is 72.9 Å². The summed E-state index contributed by atoms with van der Waals surface area (Å²) >= 11 is 0. The Hall–Kier alpha value is -2.54. The molecule has 26 heavy (non-hydrogen) atoms. The average molecular weight is 377 g/mol. The van der Waals surface area contributed by atoms with Crippen LogP contribution >= 0.6 is 0 Å². The van der Waals surface area contributed by atoms with Gasteiger partial charge in [-0.1, -0.05) is 17.7 Å². The number of sulfonamides is 1. The summed E-state index contributed by atoms with van der Waals surface area (Å²) < 4.78 is 37.5. The van der Waals surface area contributed by atoms with Gasteiger partial charge in [-0.15, -0.1) is 0 Å². The molecular weight excluding hydrogens is 354 g/mol. The monoisotopic (exact) mass is 377 g/mol. The van der Waals surface area contributed by atoms with Gasteiger partial charge >= 0.3 is 5.97 Å². The molecule has 0 aliphatic rings. The number of methoxy groups -OCH3 is 1. The number of nitrogens with zero attached hydrogens (tertiary/aromatic N) is 1. The van der Waals surface area contributed by atoms with Crippen molar-refractivity contribution in [2.45, 2.75) is 25.2 Å². The molecule has 0 saturated carbocycles. The molecule has 140 valence electrons. The van der Waals surface area contributed by atoms with Gasteiger partial charge < -0.3 is 9.47 Å². The van der Waals surface area contributed by atoms with Crippen LogP contribution < -0.4 is 9.04 Å². The second-order valence-electron chi connectivity index (χ2n) is 5.64. The number of aryl methyl sites for hydroxylation is 1. The van der Waals surface area contributed by atoms with Gasteiger partial charge in [-0.25, -0.2) is 8.42 Å². The van der Waals surface area contributed by atoms with Crippen LogP contribution in [0.2, 0.25) is 0 Å². The molecule has 0 bridgehead atoms. The van der Waals surface area contributed by atoms with Crippen LogP contribution in [0.25, 0.3) is 0 Å². The number of ether oxygens (including phenoxy) is 2. The van der Waals surface area contributed by atoms with Crippen molar-refractivity contribution < 1.29 is 22.7 Å². The lowest BCUT2D eigenvalue weighted by atomic mass is 10.2. The molecule has 2 aromatic rings. The van der Waals surface area contributed by atoms with Crippen LogP contribution in [0.3, 0.4) is 0 Å². The van der Waals surface area contributed by atoms with Gasteiger partial charge in [0, 0.05) is 6.54 Å². The third-order valence-electron chi connectivity index (χ3n) is 3.79. The first-order valence-electron chi connectivity index (χ1n) is 8.27. The minimum absolute atomic E-state index is 0.00865. The summed E-state index contributed by atoms with van der Waals surface area (Å²) in [7, 11) is -2.56. The van der Waals surface area contributed by atoms with E-state index < -0.39 is 16.0 Å². The van der Waals surface area contributed by atoms with E-state index in [4.69, 9.17) is 4.74 Å². The van der Waals surface area contributed by atoms with Crippen LogP contribution in [-0.2, 0) is 19.6 Å². The van der Waals surface area contributed by atoms with Gasteiger partial charge in [-0.2, -0.15) is 0 Å². The van der Waals surface area contributed by atoms with E-state index in [0.29, 0.717) is 18.0 Å². The van der Waals surface area contributed by atoms with Crippen molar-refractivity contribution in [1.82, 2.24) is 0 Å². The van der Waals surface area contributed by atoms with Gasteiger partial charge in [-0.3, -0.25) is 9.10 Å². The van der Waals surface area contributed by atoms with E-state index >= 15 is 0 Å². The lowest BCUT2D eigenvalue weighted by Gasteiger charge is -2.24. The number of benzene rings is 2. The molecule has 0 spiro atoms. The summed E-state index contributed by atoms with van der Waals surface area (Å²) in [6.45, 7) is 4.27. The summed E-state index contributed by atoms with van der Waals surface area (Å²) in [5.41, 5.74) is 1.51. The number of rotatable bonds is 8. The van der Waals surface area contributed by atoms with Crippen LogP contribution in [0.15, 0.2) is 53.4 Å². The van der Waals surface area contributed by atoms with Crippen molar-refractivity contribution in [1.29, 1.82) is 0 Å². The summed E-state index contributed by atoms with van der Waals surface area (Å²) in [5.74, 6) is 0.131. The fourth-order valence-electron chi connectivity index (χ4n) is 2.40. The SMILES string of the molecule is CCOc1ccc(S(=O)(=O)N(CCC(=O)OC)c2ccc(C)cc2)cc1. The van der Waals surface area contributed by atoms with Crippen LogP contribution in [-0.4, -0.2) is 34.6 Å². The Morgan fingerprint density at radius 1 is 1.04 bits per heavy atom. The van der Waals surface area contributed by atoms with Crippen molar-refractivity contribution in [2.24, 2.45) is 0 Å². The van der Waals surface area contributed by atoms with E-state index in [1.165, 1.54) is 23.5 Å². The van der Waals surface area contributed by atoms with Gasteiger partial charge in [0.25, 0.3) is 10.0 Å². The smallest absolute Gasteiger partial charge is 0.307 e. The molecule has 2 aromatic carbocycles. The van der Waals surface area contributed by atoms with Gasteiger partial charge in [0.05, 0.1) is 30.7 Å². The molecular formula is C19H23NO5S.